The minimum atomic E-state index is -0.768. The third-order valence-electron chi connectivity index (χ3n) is 5.08. The van der Waals surface area contributed by atoms with E-state index in [4.69, 9.17) is 4.74 Å². The SMILES string of the molecule is COc1ccc(/C(O)=C2/C(=O)C(=O)N(Cc3cccs3)C2c2ccccn2)cc1C. The summed E-state index contributed by atoms with van der Waals surface area (Å²) in [6.45, 7) is 2.11. The summed E-state index contributed by atoms with van der Waals surface area (Å²) in [4.78, 5) is 32.7. The maximum absolute atomic E-state index is 13.0. The van der Waals surface area contributed by atoms with Crippen LogP contribution in [0.5, 0.6) is 5.75 Å². The van der Waals surface area contributed by atoms with Gasteiger partial charge in [0.15, 0.2) is 0 Å². The number of pyridine rings is 1. The van der Waals surface area contributed by atoms with Gasteiger partial charge in [-0.2, -0.15) is 0 Å². The number of ether oxygens (including phenoxy) is 1. The van der Waals surface area contributed by atoms with E-state index in [0.717, 1.165) is 10.4 Å². The molecule has 0 bridgehead atoms. The third kappa shape index (κ3) is 3.48. The molecule has 0 saturated carbocycles. The van der Waals surface area contributed by atoms with E-state index in [1.165, 1.54) is 16.2 Å². The zero-order chi connectivity index (χ0) is 21.3. The van der Waals surface area contributed by atoms with Crippen LogP contribution in [-0.4, -0.2) is 33.8 Å². The molecule has 7 heteroatoms. The van der Waals surface area contributed by atoms with Gasteiger partial charge in [-0.1, -0.05) is 12.1 Å². The number of aliphatic hydroxyl groups excluding tert-OH is 1. The van der Waals surface area contributed by atoms with Crippen LogP contribution < -0.4 is 4.74 Å². The molecule has 4 rings (SSSR count). The molecule has 3 heterocycles. The predicted molar refractivity (Wildman–Crippen MR) is 114 cm³/mol. The quantitative estimate of drug-likeness (QED) is 0.382. The number of hydrogen-bond donors (Lipinski definition) is 1. The first-order chi connectivity index (χ1) is 14.5. The largest absolute Gasteiger partial charge is 0.507 e. The number of nitrogens with zero attached hydrogens (tertiary/aromatic N) is 2. The van der Waals surface area contributed by atoms with Crippen molar-refractivity contribution in [2.75, 3.05) is 7.11 Å². The Morgan fingerprint density at radius 3 is 2.67 bits per heavy atom. The molecule has 6 nitrogen and oxygen atoms in total. The zero-order valence-corrected chi connectivity index (χ0v) is 17.3. The average molecular weight is 420 g/mol. The highest BCUT2D eigenvalue weighted by atomic mass is 32.1. The Labute approximate surface area is 178 Å². The first kappa shape index (κ1) is 19.8. The van der Waals surface area contributed by atoms with Gasteiger partial charge in [-0.3, -0.25) is 14.6 Å². The molecule has 2 aromatic heterocycles. The maximum atomic E-state index is 13.0. The van der Waals surface area contributed by atoms with Gasteiger partial charge < -0.3 is 14.7 Å². The molecule has 0 radical (unpaired) electrons. The number of aliphatic hydroxyl groups is 1. The molecule has 0 aliphatic carbocycles. The number of Topliss-reactive ketones (excluding diaryl/α,β-unsaturated/α-hetero) is 1. The molecule has 1 amide bonds. The highest BCUT2D eigenvalue weighted by molar-refractivity contribution is 7.09. The average Bonchev–Trinajstić information content (AvgIpc) is 3.36. The number of carbonyl (C=O) groups excluding carboxylic acids is 2. The normalized spacial score (nSPS) is 18.1. The van der Waals surface area contributed by atoms with Gasteiger partial charge in [-0.15, -0.1) is 11.3 Å². The summed E-state index contributed by atoms with van der Waals surface area (Å²) in [5.41, 5.74) is 1.83. The number of ketones is 1. The summed E-state index contributed by atoms with van der Waals surface area (Å²) in [5, 5.41) is 13.0. The van der Waals surface area contributed by atoms with E-state index in [0.29, 0.717) is 17.0 Å². The van der Waals surface area contributed by atoms with Gasteiger partial charge >= 0.3 is 0 Å². The van der Waals surface area contributed by atoms with Crippen LogP contribution in [0.1, 0.15) is 27.7 Å². The molecular formula is C23H20N2O4S. The minimum absolute atomic E-state index is 0.0415. The van der Waals surface area contributed by atoms with E-state index < -0.39 is 17.7 Å². The van der Waals surface area contributed by atoms with Crippen LogP contribution in [-0.2, 0) is 16.1 Å². The highest BCUT2D eigenvalue weighted by Gasteiger charge is 2.46. The topological polar surface area (TPSA) is 79.7 Å². The van der Waals surface area contributed by atoms with Crippen LogP contribution in [0, 0.1) is 6.92 Å². The van der Waals surface area contributed by atoms with Crippen LogP contribution in [0.4, 0.5) is 0 Å². The van der Waals surface area contributed by atoms with Gasteiger partial charge in [0.05, 0.1) is 24.9 Å². The summed E-state index contributed by atoms with van der Waals surface area (Å²) >= 11 is 1.50. The minimum Gasteiger partial charge on any atom is -0.507 e. The number of methoxy groups -OCH3 is 1. The summed E-state index contributed by atoms with van der Waals surface area (Å²) in [7, 11) is 1.57. The second-order valence-corrected chi connectivity index (χ2v) is 7.98. The van der Waals surface area contributed by atoms with Crippen molar-refractivity contribution in [3.63, 3.8) is 0 Å². The number of benzene rings is 1. The third-order valence-corrected chi connectivity index (χ3v) is 5.94. The standard InChI is InChI=1S/C23H20N2O4S/c1-14-12-15(8-9-18(14)29-2)21(26)19-20(17-7-3-4-10-24-17)25(23(28)22(19)27)13-16-6-5-11-30-16/h3-12,20,26H,13H2,1-2H3/b21-19-. The van der Waals surface area contributed by atoms with Crippen molar-refractivity contribution in [1.82, 2.24) is 9.88 Å². The van der Waals surface area contributed by atoms with Gasteiger partial charge in [0, 0.05) is 16.6 Å². The molecule has 1 unspecified atom stereocenters. The lowest BCUT2D eigenvalue weighted by Gasteiger charge is -2.24. The molecule has 1 saturated heterocycles. The molecule has 3 aromatic rings. The second-order valence-electron chi connectivity index (χ2n) is 6.95. The lowest BCUT2D eigenvalue weighted by molar-refractivity contribution is -0.140. The van der Waals surface area contributed by atoms with Crippen molar-refractivity contribution in [3.8, 4) is 5.75 Å². The van der Waals surface area contributed by atoms with Crippen LogP contribution >= 0.6 is 11.3 Å². The lowest BCUT2D eigenvalue weighted by Crippen LogP contribution is -2.29. The molecule has 152 valence electrons. The predicted octanol–water partition coefficient (Wildman–Crippen LogP) is 4.08. The molecule has 1 atom stereocenters. The highest BCUT2D eigenvalue weighted by Crippen LogP contribution is 2.40. The number of aryl methyl sites for hydroxylation is 1. The Kier molecular flexibility index (Phi) is 5.37. The number of hydrogen-bond acceptors (Lipinski definition) is 6. The fraction of sp³-hybridized carbons (Fsp3) is 0.174. The first-order valence-electron chi connectivity index (χ1n) is 9.38. The molecule has 30 heavy (non-hydrogen) atoms. The summed E-state index contributed by atoms with van der Waals surface area (Å²) < 4.78 is 5.27. The van der Waals surface area contributed by atoms with E-state index in [1.807, 2.05) is 24.4 Å². The van der Waals surface area contributed by atoms with Gasteiger partial charge in [-0.05, 0) is 54.3 Å². The molecule has 0 spiro atoms. The van der Waals surface area contributed by atoms with Crippen LogP contribution in [0.2, 0.25) is 0 Å². The second kappa shape index (κ2) is 8.12. The van der Waals surface area contributed by atoms with E-state index in [1.54, 1.807) is 49.7 Å². The molecular weight excluding hydrogens is 400 g/mol. The maximum Gasteiger partial charge on any atom is 0.296 e. The molecule has 1 aromatic carbocycles. The van der Waals surface area contributed by atoms with E-state index in [-0.39, 0.29) is 17.9 Å². The number of aromatic nitrogens is 1. The van der Waals surface area contributed by atoms with Gasteiger partial charge in [0.1, 0.15) is 17.6 Å². The molecule has 1 aliphatic heterocycles. The Hall–Kier alpha value is -3.45. The molecule has 1 N–H and O–H groups in total. The lowest BCUT2D eigenvalue weighted by atomic mass is 9.97. The molecule has 1 fully saturated rings. The Balaban J connectivity index is 1.85. The zero-order valence-electron chi connectivity index (χ0n) is 16.5. The Bertz CT molecular complexity index is 1120. The van der Waals surface area contributed by atoms with Gasteiger partial charge in [-0.25, -0.2) is 0 Å². The van der Waals surface area contributed by atoms with Gasteiger partial charge in [0.25, 0.3) is 11.7 Å². The molecule has 1 aliphatic rings. The van der Waals surface area contributed by atoms with Crippen LogP contribution in [0.3, 0.4) is 0 Å². The number of thiophene rings is 1. The van der Waals surface area contributed by atoms with Crippen molar-refractivity contribution in [2.24, 2.45) is 0 Å². The van der Waals surface area contributed by atoms with E-state index in [9.17, 15) is 14.7 Å². The van der Waals surface area contributed by atoms with E-state index in [2.05, 4.69) is 4.98 Å². The summed E-state index contributed by atoms with van der Waals surface area (Å²) in [5.74, 6) is -0.909. The number of rotatable bonds is 5. The summed E-state index contributed by atoms with van der Waals surface area (Å²) in [6.07, 6.45) is 1.61. The van der Waals surface area contributed by atoms with Crippen LogP contribution in [0.25, 0.3) is 5.76 Å². The number of carbonyl (C=O) groups is 2. The van der Waals surface area contributed by atoms with Crippen molar-refractivity contribution < 1.29 is 19.4 Å². The van der Waals surface area contributed by atoms with Crippen molar-refractivity contribution in [2.45, 2.75) is 19.5 Å². The van der Waals surface area contributed by atoms with Crippen LogP contribution in [0.15, 0.2) is 65.7 Å². The van der Waals surface area contributed by atoms with Crippen molar-refractivity contribution in [1.29, 1.82) is 0 Å². The smallest absolute Gasteiger partial charge is 0.296 e. The van der Waals surface area contributed by atoms with E-state index >= 15 is 0 Å². The Morgan fingerprint density at radius 2 is 2.03 bits per heavy atom. The van der Waals surface area contributed by atoms with Crippen molar-refractivity contribution >= 4 is 28.8 Å². The first-order valence-corrected chi connectivity index (χ1v) is 10.3. The Morgan fingerprint density at radius 1 is 1.20 bits per heavy atom. The van der Waals surface area contributed by atoms with Crippen molar-refractivity contribution in [3.05, 3.63) is 87.4 Å². The monoisotopic (exact) mass is 420 g/mol. The fourth-order valence-electron chi connectivity index (χ4n) is 3.64. The fourth-order valence-corrected chi connectivity index (χ4v) is 4.34. The number of amides is 1. The van der Waals surface area contributed by atoms with Gasteiger partial charge in [0.2, 0.25) is 0 Å². The summed E-state index contributed by atoms with van der Waals surface area (Å²) in [6, 6.07) is 13.5. The number of likely N-dealkylation sites (tertiary alicyclic amines) is 1.